The summed E-state index contributed by atoms with van der Waals surface area (Å²) in [6.45, 7) is 5.66. The van der Waals surface area contributed by atoms with Gasteiger partial charge in [-0.15, -0.1) is 12.4 Å². The van der Waals surface area contributed by atoms with Gasteiger partial charge in [0.25, 0.3) is 0 Å². The summed E-state index contributed by atoms with van der Waals surface area (Å²) in [5.74, 6) is 0.872. The molecule has 2 heterocycles. The molecule has 0 aromatic rings. The fourth-order valence-corrected chi connectivity index (χ4v) is 2.83. The number of nitrogens with zero attached hydrogens (tertiary/aromatic N) is 1. The van der Waals surface area contributed by atoms with Crippen LogP contribution in [0.4, 0.5) is 0 Å². The van der Waals surface area contributed by atoms with Crippen molar-refractivity contribution in [2.24, 2.45) is 17.6 Å². The zero-order valence-electron chi connectivity index (χ0n) is 10.4. The SMILES string of the molecule is Cl.NC(=O)C1CCN(CC2CCNCC2)CC1. The number of hydrogen-bond acceptors (Lipinski definition) is 3. The lowest BCUT2D eigenvalue weighted by Gasteiger charge is -2.34. The molecule has 2 saturated heterocycles. The zero-order chi connectivity index (χ0) is 11.4. The Labute approximate surface area is 110 Å². The molecule has 0 aromatic heterocycles. The molecule has 0 saturated carbocycles. The molecule has 2 fully saturated rings. The van der Waals surface area contributed by atoms with Crippen LogP contribution in [0.2, 0.25) is 0 Å². The van der Waals surface area contributed by atoms with Gasteiger partial charge < -0.3 is 16.0 Å². The van der Waals surface area contributed by atoms with Crippen LogP contribution in [-0.2, 0) is 4.79 Å². The molecule has 17 heavy (non-hydrogen) atoms. The average molecular weight is 262 g/mol. The van der Waals surface area contributed by atoms with Crippen LogP contribution in [0.5, 0.6) is 0 Å². The maximum absolute atomic E-state index is 11.0. The summed E-state index contributed by atoms with van der Waals surface area (Å²) < 4.78 is 0. The zero-order valence-corrected chi connectivity index (χ0v) is 11.2. The van der Waals surface area contributed by atoms with Gasteiger partial charge in [-0.05, 0) is 57.8 Å². The largest absolute Gasteiger partial charge is 0.369 e. The van der Waals surface area contributed by atoms with Gasteiger partial charge >= 0.3 is 0 Å². The number of amides is 1. The molecule has 3 N–H and O–H groups in total. The summed E-state index contributed by atoms with van der Waals surface area (Å²) in [4.78, 5) is 13.6. The van der Waals surface area contributed by atoms with Crippen LogP contribution in [0.25, 0.3) is 0 Å². The van der Waals surface area contributed by atoms with Gasteiger partial charge in [0.2, 0.25) is 5.91 Å². The Hall–Kier alpha value is -0.320. The van der Waals surface area contributed by atoms with Crippen LogP contribution in [-0.4, -0.2) is 43.5 Å². The first-order valence-corrected chi connectivity index (χ1v) is 6.48. The van der Waals surface area contributed by atoms with Gasteiger partial charge in [0.15, 0.2) is 0 Å². The third-order valence-corrected chi connectivity index (χ3v) is 3.97. The molecule has 0 radical (unpaired) electrons. The third-order valence-electron chi connectivity index (χ3n) is 3.97. The minimum atomic E-state index is -0.110. The molecule has 0 bridgehead atoms. The van der Waals surface area contributed by atoms with Gasteiger partial charge in [0.1, 0.15) is 0 Å². The van der Waals surface area contributed by atoms with Crippen LogP contribution in [0.15, 0.2) is 0 Å². The third kappa shape index (κ3) is 4.45. The van der Waals surface area contributed by atoms with E-state index in [1.807, 2.05) is 0 Å². The first-order valence-electron chi connectivity index (χ1n) is 6.48. The Morgan fingerprint density at radius 2 is 1.76 bits per heavy atom. The molecule has 5 heteroatoms. The number of nitrogens with one attached hydrogen (secondary N) is 1. The van der Waals surface area contributed by atoms with Crippen molar-refractivity contribution in [2.75, 3.05) is 32.7 Å². The second kappa shape index (κ2) is 7.19. The highest BCUT2D eigenvalue weighted by atomic mass is 35.5. The molecule has 2 aliphatic heterocycles. The van der Waals surface area contributed by atoms with Gasteiger partial charge in [-0.2, -0.15) is 0 Å². The number of nitrogens with two attached hydrogens (primary N) is 1. The predicted octanol–water partition coefficient (Wildman–Crippen LogP) is 0.605. The van der Waals surface area contributed by atoms with E-state index in [2.05, 4.69) is 10.2 Å². The summed E-state index contributed by atoms with van der Waals surface area (Å²) in [6, 6.07) is 0. The molecule has 0 unspecified atom stereocenters. The number of carbonyl (C=O) groups excluding carboxylic acids is 1. The maximum Gasteiger partial charge on any atom is 0.220 e. The van der Waals surface area contributed by atoms with Crippen molar-refractivity contribution >= 4 is 18.3 Å². The van der Waals surface area contributed by atoms with E-state index in [0.29, 0.717) is 0 Å². The first kappa shape index (κ1) is 14.7. The van der Waals surface area contributed by atoms with Crippen molar-refractivity contribution in [3.05, 3.63) is 0 Å². The van der Waals surface area contributed by atoms with E-state index in [-0.39, 0.29) is 24.2 Å². The normalized spacial score (nSPS) is 24.2. The van der Waals surface area contributed by atoms with E-state index in [0.717, 1.165) is 31.8 Å². The van der Waals surface area contributed by atoms with E-state index in [9.17, 15) is 4.79 Å². The second-order valence-corrected chi connectivity index (χ2v) is 5.17. The van der Waals surface area contributed by atoms with Crippen LogP contribution in [0.3, 0.4) is 0 Å². The molecule has 2 rings (SSSR count). The van der Waals surface area contributed by atoms with Crippen molar-refractivity contribution in [3.8, 4) is 0 Å². The van der Waals surface area contributed by atoms with Crippen LogP contribution in [0.1, 0.15) is 25.7 Å². The van der Waals surface area contributed by atoms with Crippen molar-refractivity contribution in [1.82, 2.24) is 10.2 Å². The predicted molar refractivity (Wildman–Crippen MR) is 71.2 cm³/mol. The number of primary amides is 1. The fraction of sp³-hybridized carbons (Fsp3) is 0.917. The summed E-state index contributed by atoms with van der Waals surface area (Å²) in [5.41, 5.74) is 5.33. The van der Waals surface area contributed by atoms with E-state index in [1.54, 1.807) is 0 Å². The number of piperidine rings is 2. The van der Waals surface area contributed by atoms with E-state index in [1.165, 1.54) is 32.5 Å². The lowest BCUT2D eigenvalue weighted by molar-refractivity contribution is -0.123. The van der Waals surface area contributed by atoms with Crippen molar-refractivity contribution in [3.63, 3.8) is 0 Å². The molecule has 100 valence electrons. The van der Waals surface area contributed by atoms with E-state index < -0.39 is 0 Å². The van der Waals surface area contributed by atoms with Crippen LogP contribution < -0.4 is 11.1 Å². The molecule has 0 atom stereocenters. The standard InChI is InChI=1S/C12H23N3O.ClH/c13-12(16)11-3-7-15(8-4-11)9-10-1-5-14-6-2-10;/h10-11,14H,1-9H2,(H2,13,16);1H. The van der Waals surface area contributed by atoms with Gasteiger partial charge in [-0.1, -0.05) is 0 Å². The number of carbonyl (C=O) groups is 1. The number of halogens is 1. The Morgan fingerprint density at radius 1 is 1.18 bits per heavy atom. The minimum absolute atomic E-state index is 0. The first-order chi connectivity index (χ1) is 7.75. The topological polar surface area (TPSA) is 58.4 Å². The summed E-state index contributed by atoms with van der Waals surface area (Å²) in [5, 5.41) is 3.39. The highest BCUT2D eigenvalue weighted by Crippen LogP contribution is 2.20. The Bertz CT molecular complexity index is 236. The quantitative estimate of drug-likeness (QED) is 0.783. The van der Waals surface area contributed by atoms with E-state index in [4.69, 9.17) is 5.73 Å². The molecular weight excluding hydrogens is 238 g/mol. The summed E-state index contributed by atoms with van der Waals surface area (Å²) >= 11 is 0. The lowest BCUT2D eigenvalue weighted by atomic mass is 9.93. The minimum Gasteiger partial charge on any atom is -0.369 e. The fourth-order valence-electron chi connectivity index (χ4n) is 2.83. The van der Waals surface area contributed by atoms with Crippen molar-refractivity contribution in [1.29, 1.82) is 0 Å². The Balaban J connectivity index is 0.00000144. The number of likely N-dealkylation sites (tertiary alicyclic amines) is 1. The Morgan fingerprint density at radius 3 is 2.29 bits per heavy atom. The summed E-state index contributed by atoms with van der Waals surface area (Å²) in [7, 11) is 0. The van der Waals surface area contributed by atoms with Gasteiger partial charge in [0.05, 0.1) is 0 Å². The molecule has 2 aliphatic rings. The molecular formula is C12H24ClN3O. The van der Waals surface area contributed by atoms with Gasteiger partial charge in [-0.3, -0.25) is 4.79 Å². The van der Waals surface area contributed by atoms with E-state index >= 15 is 0 Å². The maximum atomic E-state index is 11.0. The monoisotopic (exact) mass is 261 g/mol. The van der Waals surface area contributed by atoms with Crippen LogP contribution >= 0.6 is 12.4 Å². The number of hydrogen-bond donors (Lipinski definition) is 2. The molecule has 0 aliphatic carbocycles. The number of rotatable bonds is 3. The Kier molecular flexibility index (Phi) is 6.23. The molecule has 4 nitrogen and oxygen atoms in total. The lowest BCUT2D eigenvalue weighted by Crippen LogP contribution is -2.42. The second-order valence-electron chi connectivity index (χ2n) is 5.17. The molecule has 1 amide bonds. The highest BCUT2D eigenvalue weighted by Gasteiger charge is 2.25. The molecule has 0 aromatic carbocycles. The van der Waals surface area contributed by atoms with Crippen LogP contribution in [0, 0.1) is 11.8 Å². The molecule has 0 spiro atoms. The summed E-state index contributed by atoms with van der Waals surface area (Å²) in [6.07, 6.45) is 4.52. The van der Waals surface area contributed by atoms with Crippen molar-refractivity contribution in [2.45, 2.75) is 25.7 Å². The van der Waals surface area contributed by atoms with Gasteiger partial charge in [-0.25, -0.2) is 0 Å². The smallest absolute Gasteiger partial charge is 0.220 e. The highest BCUT2D eigenvalue weighted by molar-refractivity contribution is 5.85. The van der Waals surface area contributed by atoms with Gasteiger partial charge in [0, 0.05) is 12.5 Å². The van der Waals surface area contributed by atoms with Crippen molar-refractivity contribution < 1.29 is 4.79 Å². The average Bonchev–Trinajstić information content (AvgIpc) is 2.31.